The third kappa shape index (κ3) is 5.14. The number of ketones is 2. The largest absolute Gasteiger partial charge is 0.349 e. The third-order valence-corrected chi connectivity index (χ3v) is 5.03. The molecule has 0 radical (unpaired) electrons. The van der Waals surface area contributed by atoms with Crippen LogP contribution in [0.15, 0.2) is 0 Å². The van der Waals surface area contributed by atoms with E-state index in [-0.39, 0.29) is 72.7 Å². The highest BCUT2D eigenvalue weighted by Gasteiger charge is 2.40. The van der Waals surface area contributed by atoms with Crippen LogP contribution in [0.25, 0.3) is 0 Å². The predicted molar refractivity (Wildman–Crippen MR) is 91.2 cm³/mol. The molecule has 1 fully saturated rings. The van der Waals surface area contributed by atoms with Gasteiger partial charge in [-0.2, -0.15) is 0 Å². The van der Waals surface area contributed by atoms with E-state index in [9.17, 15) is 19.2 Å². The van der Waals surface area contributed by atoms with Crippen LogP contribution in [0.4, 0.5) is 0 Å². The minimum atomic E-state index is -0.380. The summed E-state index contributed by atoms with van der Waals surface area (Å²) in [6.45, 7) is 3.72. The fourth-order valence-corrected chi connectivity index (χ4v) is 3.20. The van der Waals surface area contributed by atoms with Gasteiger partial charge in [0.05, 0.1) is 0 Å². The number of rotatable bonds is 6. The summed E-state index contributed by atoms with van der Waals surface area (Å²) in [4.78, 5) is 51.7. The lowest BCUT2D eigenvalue weighted by Crippen LogP contribution is -2.40. The van der Waals surface area contributed by atoms with Gasteiger partial charge in [-0.25, -0.2) is 0 Å². The molecule has 1 aliphatic carbocycles. The second-order valence-electron chi connectivity index (χ2n) is 7.49. The number of nitrogens with zero attached hydrogens (tertiary/aromatic N) is 2. The van der Waals surface area contributed by atoms with Gasteiger partial charge in [0, 0.05) is 65.7 Å². The summed E-state index contributed by atoms with van der Waals surface area (Å²) < 4.78 is 0. The van der Waals surface area contributed by atoms with Crippen LogP contribution in [0.2, 0.25) is 0 Å². The first-order valence-electron chi connectivity index (χ1n) is 8.50. The molecular formula is C18H30N2O4. The van der Waals surface area contributed by atoms with E-state index in [1.807, 2.05) is 13.8 Å². The molecule has 0 heterocycles. The van der Waals surface area contributed by atoms with E-state index in [0.717, 1.165) is 0 Å². The number of hydrogen-bond acceptors (Lipinski definition) is 4. The molecule has 0 saturated heterocycles. The molecule has 24 heavy (non-hydrogen) atoms. The summed E-state index contributed by atoms with van der Waals surface area (Å²) in [7, 11) is 6.73. The highest BCUT2D eigenvalue weighted by Crippen LogP contribution is 2.34. The Balaban J connectivity index is 2.70. The van der Waals surface area contributed by atoms with Crippen LogP contribution >= 0.6 is 0 Å². The van der Waals surface area contributed by atoms with E-state index >= 15 is 0 Å². The van der Waals surface area contributed by atoms with E-state index in [0.29, 0.717) is 0 Å². The van der Waals surface area contributed by atoms with Gasteiger partial charge in [-0.1, -0.05) is 13.8 Å². The lowest BCUT2D eigenvalue weighted by Gasteiger charge is -2.33. The van der Waals surface area contributed by atoms with Crippen LogP contribution in [0, 0.1) is 23.7 Å². The molecule has 4 unspecified atom stereocenters. The van der Waals surface area contributed by atoms with Crippen LogP contribution in [0.3, 0.4) is 0 Å². The first kappa shape index (κ1) is 20.3. The first-order chi connectivity index (χ1) is 11.0. The molecule has 6 nitrogen and oxygen atoms in total. The Morgan fingerprint density at radius 1 is 0.833 bits per heavy atom. The molecule has 0 N–H and O–H groups in total. The van der Waals surface area contributed by atoms with Crippen LogP contribution < -0.4 is 0 Å². The molecule has 0 aromatic heterocycles. The Morgan fingerprint density at radius 2 is 1.12 bits per heavy atom. The molecule has 6 heteroatoms. The summed E-state index contributed by atoms with van der Waals surface area (Å²) in [5.41, 5.74) is 0. The monoisotopic (exact) mass is 338 g/mol. The second-order valence-corrected chi connectivity index (χ2v) is 7.49. The molecular weight excluding hydrogens is 308 g/mol. The molecule has 0 spiro atoms. The Hall–Kier alpha value is -1.72. The number of carbonyl (C=O) groups excluding carboxylic acids is 4. The van der Waals surface area contributed by atoms with Gasteiger partial charge in [-0.15, -0.1) is 0 Å². The molecule has 136 valence electrons. The SMILES string of the molecule is CC(CC(=O)N(C)C)C1CC(=O)C(C(C)CC(=O)N(C)C)CC1=O. The number of Topliss-reactive ketones (excluding diaryl/α,β-unsaturated/α-hetero) is 2. The third-order valence-electron chi connectivity index (χ3n) is 5.03. The molecule has 0 aromatic carbocycles. The fourth-order valence-electron chi connectivity index (χ4n) is 3.20. The van der Waals surface area contributed by atoms with E-state index in [1.165, 1.54) is 9.80 Å². The van der Waals surface area contributed by atoms with Crippen LogP contribution in [0.5, 0.6) is 0 Å². The van der Waals surface area contributed by atoms with E-state index < -0.39 is 0 Å². The zero-order chi connectivity index (χ0) is 18.6. The summed E-state index contributed by atoms with van der Waals surface area (Å²) in [6, 6.07) is 0. The quantitative estimate of drug-likeness (QED) is 0.733. The average molecular weight is 338 g/mol. The standard InChI is InChI=1S/C18H30N2O4/c1-11(7-17(23)19(3)4)13-9-16(22)14(10-15(13)21)12(2)8-18(24)20(5)6/h11-14H,7-10H2,1-6H3. The van der Waals surface area contributed by atoms with Crippen molar-refractivity contribution in [2.45, 2.75) is 39.5 Å². The summed E-state index contributed by atoms with van der Waals surface area (Å²) in [6.07, 6.45) is 0.920. The minimum Gasteiger partial charge on any atom is -0.349 e. The molecule has 4 atom stereocenters. The molecule has 1 aliphatic rings. The van der Waals surface area contributed by atoms with Crippen molar-refractivity contribution in [3.63, 3.8) is 0 Å². The maximum Gasteiger partial charge on any atom is 0.222 e. The molecule has 1 rings (SSSR count). The Bertz CT molecular complexity index is 467. The Morgan fingerprint density at radius 3 is 1.38 bits per heavy atom. The number of carbonyl (C=O) groups is 4. The molecule has 0 bridgehead atoms. The van der Waals surface area contributed by atoms with Crippen molar-refractivity contribution in [1.82, 2.24) is 9.80 Å². The van der Waals surface area contributed by atoms with Crippen LogP contribution in [0.1, 0.15) is 39.5 Å². The average Bonchev–Trinajstić information content (AvgIpc) is 2.48. The zero-order valence-corrected chi connectivity index (χ0v) is 15.7. The Labute approximate surface area is 144 Å². The lowest BCUT2D eigenvalue weighted by atomic mass is 9.70. The summed E-state index contributed by atoms with van der Waals surface area (Å²) in [5, 5.41) is 0. The van der Waals surface area contributed by atoms with Crippen molar-refractivity contribution < 1.29 is 19.2 Å². The highest BCUT2D eigenvalue weighted by molar-refractivity contribution is 5.97. The zero-order valence-electron chi connectivity index (χ0n) is 15.7. The Kier molecular flexibility index (Phi) is 7.11. The topological polar surface area (TPSA) is 74.8 Å². The highest BCUT2D eigenvalue weighted by atomic mass is 16.2. The predicted octanol–water partition coefficient (Wildman–Crippen LogP) is 1.38. The van der Waals surface area contributed by atoms with Crippen molar-refractivity contribution in [3.8, 4) is 0 Å². The van der Waals surface area contributed by atoms with Crippen molar-refractivity contribution in [1.29, 1.82) is 0 Å². The maximum atomic E-state index is 12.5. The van der Waals surface area contributed by atoms with Crippen molar-refractivity contribution >= 4 is 23.4 Å². The van der Waals surface area contributed by atoms with Gasteiger partial charge in [-0.3, -0.25) is 19.2 Å². The van der Waals surface area contributed by atoms with Gasteiger partial charge in [0.25, 0.3) is 0 Å². The van der Waals surface area contributed by atoms with Gasteiger partial charge >= 0.3 is 0 Å². The van der Waals surface area contributed by atoms with Crippen LogP contribution in [-0.2, 0) is 19.2 Å². The van der Waals surface area contributed by atoms with Crippen molar-refractivity contribution in [2.75, 3.05) is 28.2 Å². The van der Waals surface area contributed by atoms with Gasteiger partial charge in [0.2, 0.25) is 11.8 Å². The van der Waals surface area contributed by atoms with Crippen LogP contribution in [-0.4, -0.2) is 61.4 Å². The lowest BCUT2D eigenvalue weighted by molar-refractivity contribution is -0.142. The fraction of sp³-hybridized carbons (Fsp3) is 0.778. The van der Waals surface area contributed by atoms with Crippen molar-refractivity contribution in [2.24, 2.45) is 23.7 Å². The van der Waals surface area contributed by atoms with E-state index in [4.69, 9.17) is 0 Å². The van der Waals surface area contributed by atoms with Gasteiger partial charge in [0.1, 0.15) is 11.6 Å². The molecule has 2 amide bonds. The number of amides is 2. The van der Waals surface area contributed by atoms with Crippen molar-refractivity contribution in [3.05, 3.63) is 0 Å². The van der Waals surface area contributed by atoms with Gasteiger partial charge < -0.3 is 9.80 Å². The van der Waals surface area contributed by atoms with Gasteiger partial charge in [-0.05, 0) is 11.8 Å². The number of hydrogen-bond donors (Lipinski definition) is 0. The molecule has 0 aromatic rings. The van der Waals surface area contributed by atoms with E-state index in [1.54, 1.807) is 28.2 Å². The normalized spacial score (nSPS) is 23.6. The second kappa shape index (κ2) is 8.40. The first-order valence-corrected chi connectivity index (χ1v) is 8.50. The smallest absolute Gasteiger partial charge is 0.222 e. The van der Waals surface area contributed by atoms with E-state index in [2.05, 4.69) is 0 Å². The van der Waals surface area contributed by atoms with Gasteiger partial charge in [0.15, 0.2) is 0 Å². The summed E-state index contributed by atoms with van der Waals surface area (Å²) >= 11 is 0. The summed E-state index contributed by atoms with van der Waals surface area (Å²) in [5.74, 6) is -1.02. The maximum absolute atomic E-state index is 12.5. The molecule has 0 aliphatic heterocycles. The molecule has 1 saturated carbocycles. The minimum absolute atomic E-state index is 0.0326.